The molecule has 4 nitrogen and oxygen atoms in total. The number of fused-ring (bicyclic) bond motifs is 1. The maximum atomic E-state index is 13.9. The lowest BCUT2D eigenvalue weighted by Crippen LogP contribution is -2.37. The molecule has 24 heavy (non-hydrogen) atoms. The molecule has 1 atom stereocenters. The number of carbonyl (C=O) groups excluding carboxylic acids is 1. The van der Waals surface area contributed by atoms with E-state index in [1.807, 2.05) is 0 Å². The van der Waals surface area contributed by atoms with Crippen LogP contribution in [-0.4, -0.2) is 12.0 Å². The summed E-state index contributed by atoms with van der Waals surface area (Å²) in [6, 6.07) is 10.0. The number of benzene rings is 2. The highest BCUT2D eigenvalue weighted by Gasteiger charge is 2.29. The van der Waals surface area contributed by atoms with E-state index >= 15 is 0 Å². The first-order valence-corrected chi connectivity index (χ1v) is 7.65. The number of ether oxygens (including phenoxy) is 1. The first-order valence-electron chi connectivity index (χ1n) is 7.27. The largest absolute Gasteiger partial charge is 0.480 e. The van der Waals surface area contributed by atoms with Gasteiger partial charge in [-0.1, -0.05) is 23.7 Å². The molecule has 2 aromatic rings. The van der Waals surface area contributed by atoms with Crippen LogP contribution < -0.4 is 15.8 Å². The van der Waals surface area contributed by atoms with Gasteiger partial charge in [0.2, 0.25) is 0 Å². The third-order valence-corrected chi connectivity index (χ3v) is 4.03. The van der Waals surface area contributed by atoms with Crippen LogP contribution in [0, 0.1) is 5.82 Å². The molecule has 0 aliphatic carbocycles. The van der Waals surface area contributed by atoms with Gasteiger partial charge >= 0.3 is 0 Å². The predicted molar refractivity (Wildman–Crippen MR) is 93.0 cm³/mol. The molecule has 3 N–H and O–H groups in total. The third kappa shape index (κ3) is 3.98. The summed E-state index contributed by atoms with van der Waals surface area (Å²) < 4.78 is 19.5. The molecule has 1 amide bonds. The van der Waals surface area contributed by atoms with Crippen molar-refractivity contribution in [3.63, 3.8) is 0 Å². The predicted octanol–water partition coefficient (Wildman–Crippen LogP) is 2.98. The zero-order valence-corrected chi connectivity index (χ0v) is 14.3. The van der Waals surface area contributed by atoms with E-state index in [0.29, 0.717) is 28.3 Å². The second kappa shape index (κ2) is 7.83. The van der Waals surface area contributed by atoms with E-state index in [-0.39, 0.29) is 37.2 Å². The summed E-state index contributed by atoms with van der Waals surface area (Å²) >= 11 is 5.93. The fourth-order valence-electron chi connectivity index (χ4n) is 2.52. The Labute approximate surface area is 150 Å². The Morgan fingerprint density at radius 2 is 2.12 bits per heavy atom. The molecule has 0 saturated carbocycles. The number of amides is 1. The van der Waals surface area contributed by atoms with Crippen molar-refractivity contribution in [1.82, 2.24) is 5.32 Å². The third-order valence-electron chi connectivity index (χ3n) is 3.80. The minimum Gasteiger partial charge on any atom is -0.480 e. The van der Waals surface area contributed by atoms with Gasteiger partial charge in [0.15, 0.2) is 6.10 Å². The number of nitrogens with two attached hydrogens (primary N) is 1. The van der Waals surface area contributed by atoms with Crippen LogP contribution in [0.5, 0.6) is 5.75 Å². The summed E-state index contributed by atoms with van der Waals surface area (Å²) in [4.78, 5) is 12.2. The molecular weight excluding hydrogens is 354 g/mol. The lowest BCUT2D eigenvalue weighted by Gasteiger charge is -2.12. The highest BCUT2D eigenvalue weighted by Crippen LogP contribution is 2.31. The van der Waals surface area contributed by atoms with Gasteiger partial charge in [-0.25, -0.2) is 4.39 Å². The van der Waals surface area contributed by atoms with E-state index < -0.39 is 6.10 Å². The van der Waals surface area contributed by atoms with Gasteiger partial charge in [0.1, 0.15) is 11.6 Å². The van der Waals surface area contributed by atoms with Gasteiger partial charge in [-0.2, -0.15) is 0 Å². The number of rotatable bonds is 4. The molecule has 1 heterocycles. The SMILES string of the molecule is Cl.NCc1ccc(CNC(=O)[C@@H]2Cc3cc(Cl)ccc3O2)c(F)c1. The summed E-state index contributed by atoms with van der Waals surface area (Å²) in [6.07, 6.45) is -0.161. The van der Waals surface area contributed by atoms with Gasteiger partial charge in [0.05, 0.1) is 0 Å². The standard InChI is InChI=1S/C17H16ClFN2O2.ClH/c18-13-3-4-15-12(6-13)7-16(23-15)17(22)21-9-11-2-1-10(8-20)5-14(11)19;/h1-6,16H,7-9,20H2,(H,21,22);1H/t16-;/m0./s1. The number of carbonyl (C=O) groups is 1. The van der Waals surface area contributed by atoms with Crippen molar-refractivity contribution in [2.75, 3.05) is 0 Å². The zero-order chi connectivity index (χ0) is 16.4. The molecule has 1 aliphatic rings. The molecule has 7 heteroatoms. The van der Waals surface area contributed by atoms with Crippen molar-refractivity contribution in [3.05, 3.63) is 63.9 Å². The Kier molecular flexibility index (Phi) is 6.04. The fourth-order valence-corrected chi connectivity index (χ4v) is 2.72. The van der Waals surface area contributed by atoms with Crippen molar-refractivity contribution < 1.29 is 13.9 Å². The Hall–Kier alpha value is -1.82. The van der Waals surface area contributed by atoms with Crippen LogP contribution >= 0.6 is 24.0 Å². The summed E-state index contributed by atoms with van der Waals surface area (Å²) in [5.74, 6) is 0.00307. The van der Waals surface area contributed by atoms with E-state index in [1.54, 1.807) is 30.3 Å². The quantitative estimate of drug-likeness (QED) is 0.869. The smallest absolute Gasteiger partial charge is 0.261 e. The molecular formula is C17H17Cl2FN2O2. The van der Waals surface area contributed by atoms with Crippen LogP contribution in [-0.2, 0) is 24.3 Å². The Bertz CT molecular complexity index is 755. The first kappa shape index (κ1) is 18.5. The highest BCUT2D eigenvalue weighted by molar-refractivity contribution is 6.30. The van der Waals surface area contributed by atoms with E-state index in [4.69, 9.17) is 22.1 Å². The zero-order valence-electron chi connectivity index (χ0n) is 12.7. The van der Waals surface area contributed by atoms with Gasteiger partial charge in [0.25, 0.3) is 5.91 Å². The normalized spacial score (nSPS) is 15.2. The molecule has 0 radical (unpaired) electrons. The van der Waals surface area contributed by atoms with Crippen molar-refractivity contribution in [1.29, 1.82) is 0 Å². The minimum atomic E-state index is -0.616. The van der Waals surface area contributed by atoms with E-state index in [1.165, 1.54) is 6.07 Å². The number of hydrogen-bond acceptors (Lipinski definition) is 3. The average Bonchev–Trinajstić information content (AvgIpc) is 2.96. The number of hydrogen-bond donors (Lipinski definition) is 2. The summed E-state index contributed by atoms with van der Waals surface area (Å²) in [5, 5.41) is 3.31. The second-order valence-corrected chi connectivity index (χ2v) is 5.85. The van der Waals surface area contributed by atoms with Gasteiger partial charge < -0.3 is 15.8 Å². The van der Waals surface area contributed by atoms with Gasteiger partial charge in [0, 0.05) is 30.1 Å². The van der Waals surface area contributed by atoms with Crippen molar-refractivity contribution in [2.45, 2.75) is 25.6 Å². The van der Waals surface area contributed by atoms with Crippen LogP contribution in [0.2, 0.25) is 5.02 Å². The molecule has 128 valence electrons. The summed E-state index contributed by atoms with van der Waals surface area (Å²) in [5.41, 5.74) is 7.49. The molecule has 0 bridgehead atoms. The lowest BCUT2D eigenvalue weighted by molar-refractivity contribution is -0.127. The number of nitrogens with one attached hydrogen (secondary N) is 1. The lowest BCUT2D eigenvalue weighted by atomic mass is 10.1. The molecule has 2 aromatic carbocycles. The fraction of sp³-hybridized carbons (Fsp3) is 0.235. The molecule has 0 unspecified atom stereocenters. The molecule has 0 spiro atoms. The molecule has 0 saturated heterocycles. The van der Waals surface area contributed by atoms with Gasteiger partial charge in [-0.05, 0) is 35.4 Å². The van der Waals surface area contributed by atoms with Crippen molar-refractivity contribution >= 4 is 29.9 Å². The van der Waals surface area contributed by atoms with E-state index in [9.17, 15) is 9.18 Å². The van der Waals surface area contributed by atoms with E-state index in [0.717, 1.165) is 5.56 Å². The molecule has 1 aliphatic heterocycles. The second-order valence-electron chi connectivity index (χ2n) is 5.41. The van der Waals surface area contributed by atoms with E-state index in [2.05, 4.69) is 5.32 Å². The maximum Gasteiger partial charge on any atom is 0.261 e. The van der Waals surface area contributed by atoms with Crippen LogP contribution in [0.25, 0.3) is 0 Å². The van der Waals surface area contributed by atoms with Crippen LogP contribution in [0.3, 0.4) is 0 Å². The highest BCUT2D eigenvalue weighted by atomic mass is 35.5. The average molecular weight is 371 g/mol. The van der Waals surface area contributed by atoms with Crippen LogP contribution in [0.1, 0.15) is 16.7 Å². The van der Waals surface area contributed by atoms with Gasteiger partial charge in [-0.15, -0.1) is 12.4 Å². The topological polar surface area (TPSA) is 64.3 Å². The Morgan fingerprint density at radius 3 is 2.83 bits per heavy atom. The maximum absolute atomic E-state index is 13.9. The Morgan fingerprint density at radius 1 is 1.33 bits per heavy atom. The monoisotopic (exact) mass is 370 g/mol. The first-order chi connectivity index (χ1) is 11.1. The summed E-state index contributed by atoms with van der Waals surface area (Å²) in [7, 11) is 0. The number of halogens is 3. The minimum absolute atomic E-state index is 0. The molecule has 0 fully saturated rings. The molecule has 3 rings (SSSR count). The van der Waals surface area contributed by atoms with Crippen LogP contribution in [0.4, 0.5) is 4.39 Å². The molecule has 0 aromatic heterocycles. The van der Waals surface area contributed by atoms with Gasteiger partial charge in [-0.3, -0.25) is 4.79 Å². The summed E-state index contributed by atoms with van der Waals surface area (Å²) in [6.45, 7) is 0.382. The van der Waals surface area contributed by atoms with Crippen LogP contribution in [0.15, 0.2) is 36.4 Å². The van der Waals surface area contributed by atoms with Crippen molar-refractivity contribution in [3.8, 4) is 5.75 Å². The Balaban J connectivity index is 0.00000208. The van der Waals surface area contributed by atoms with Crippen molar-refractivity contribution in [2.24, 2.45) is 5.73 Å².